The maximum Gasteiger partial charge on any atom is 0.416 e. The summed E-state index contributed by atoms with van der Waals surface area (Å²) in [5, 5.41) is 9.66. The maximum atomic E-state index is 12.7. The first-order chi connectivity index (χ1) is 10.3. The van der Waals surface area contributed by atoms with Crippen molar-refractivity contribution in [1.82, 2.24) is 5.32 Å². The van der Waals surface area contributed by atoms with Gasteiger partial charge in [0.25, 0.3) is 11.8 Å². The molecule has 0 saturated carbocycles. The number of amides is 2. The molecule has 0 bridgehead atoms. The number of nitrogens with one attached hydrogen (secondary N) is 2. The van der Waals surface area contributed by atoms with Crippen molar-refractivity contribution in [3.8, 4) is 10.4 Å². The van der Waals surface area contributed by atoms with Crippen molar-refractivity contribution >= 4 is 28.9 Å². The van der Waals surface area contributed by atoms with Crippen molar-refractivity contribution in [1.29, 1.82) is 5.41 Å². The predicted molar refractivity (Wildman–Crippen MR) is 74.1 cm³/mol. The Hall–Kier alpha value is -2.48. The van der Waals surface area contributed by atoms with Gasteiger partial charge in [-0.25, -0.2) is 0 Å². The van der Waals surface area contributed by atoms with Crippen molar-refractivity contribution in [3.63, 3.8) is 0 Å². The van der Waals surface area contributed by atoms with Crippen LogP contribution in [0, 0.1) is 5.41 Å². The number of alkyl halides is 3. The topological polar surface area (TPSA) is 70.0 Å². The van der Waals surface area contributed by atoms with Gasteiger partial charge in [-0.3, -0.25) is 20.3 Å². The molecule has 1 aromatic heterocycles. The summed E-state index contributed by atoms with van der Waals surface area (Å²) in [7, 11) is 0. The van der Waals surface area contributed by atoms with E-state index in [4.69, 9.17) is 5.41 Å². The van der Waals surface area contributed by atoms with Crippen LogP contribution in [-0.2, 0) is 11.0 Å². The summed E-state index contributed by atoms with van der Waals surface area (Å²) < 4.78 is 38.2. The van der Waals surface area contributed by atoms with Gasteiger partial charge in [0.2, 0.25) is 0 Å². The van der Waals surface area contributed by atoms with Crippen LogP contribution in [0.3, 0.4) is 0 Å². The van der Waals surface area contributed by atoms with Gasteiger partial charge >= 0.3 is 6.18 Å². The van der Waals surface area contributed by atoms with E-state index in [-0.39, 0.29) is 21.7 Å². The molecule has 2 heterocycles. The standard InChI is InChI=1S/C14H7F3N2O2S/c15-14(16,17)7-3-1-2-6(4-7)9-5-8-11(22-9)10(18)13(21)19-12(8)20/h1-5,18H,(H,19,20,21). The molecular formula is C14H7F3N2O2S. The van der Waals surface area contributed by atoms with E-state index in [2.05, 4.69) is 0 Å². The van der Waals surface area contributed by atoms with Gasteiger partial charge in [-0.05, 0) is 23.8 Å². The smallest absolute Gasteiger partial charge is 0.294 e. The van der Waals surface area contributed by atoms with Crippen LogP contribution < -0.4 is 5.32 Å². The lowest BCUT2D eigenvalue weighted by Crippen LogP contribution is -2.41. The second kappa shape index (κ2) is 4.77. The molecule has 0 atom stereocenters. The maximum absolute atomic E-state index is 12.7. The Morgan fingerprint density at radius 1 is 1.09 bits per heavy atom. The van der Waals surface area contributed by atoms with Gasteiger partial charge < -0.3 is 0 Å². The lowest BCUT2D eigenvalue weighted by atomic mass is 10.1. The molecule has 1 aromatic carbocycles. The Bertz CT molecular complexity index is 824. The molecule has 0 radical (unpaired) electrons. The fraction of sp³-hybridized carbons (Fsp3) is 0.0714. The average Bonchev–Trinajstić information content (AvgIpc) is 2.90. The van der Waals surface area contributed by atoms with E-state index in [1.165, 1.54) is 18.2 Å². The minimum atomic E-state index is -4.47. The number of benzene rings is 1. The molecule has 1 aliphatic rings. The summed E-state index contributed by atoms with van der Waals surface area (Å²) in [6.45, 7) is 0. The first kappa shape index (κ1) is 14.5. The van der Waals surface area contributed by atoms with Crippen molar-refractivity contribution in [3.05, 3.63) is 46.3 Å². The predicted octanol–water partition coefficient (Wildman–Crippen LogP) is 3.07. The van der Waals surface area contributed by atoms with E-state index < -0.39 is 23.6 Å². The number of halogens is 3. The SMILES string of the molecule is N=C1C(=O)NC(=O)c2cc(-c3cccc(C(F)(F)F)c3)sc21. The van der Waals surface area contributed by atoms with E-state index in [0.717, 1.165) is 23.5 Å². The highest BCUT2D eigenvalue weighted by atomic mass is 32.1. The van der Waals surface area contributed by atoms with Crippen LogP contribution in [-0.4, -0.2) is 17.5 Å². The fourth-order valence-corrected chi connectivity index (χ4v) is 3.17. The molecule has 0 spiro atoms. The van der Waals surface area contributed by atoms with E-state index in [1.54, 1.807) is 0 Å². The van der Waals surface area contributed by atoms with E-state index in [0.29, 0.717) is 4.88 Å². The summed E-state index contributed by atoms with van der Waals surface area (Å²) in [6.07, 6.45) is -4.47. The molecule has 22 heavy (non-hydrogen) atoms. The Kier molecular flexibility index (Phi) is 3.13. The first-order valence-corrected chi connectivity index (χ1v) is 6.85. The zero-order valence-electron chi connectivity index (χ0n) is 10.7. The summed E-state index contributed by atoms with van der Waals surface area (Å²) in [5.74, 6) is -1.46. The fourth-order valence-electron chi connectivity index (χ4n) is 2.07. The Morgan fingerprint density at radius 2 is 1.82 bits per heavy atom. The van der Waals surface area contributed by atoms with Gasteiger partial charge in [0.15, 0.2) is 0 Å². The van der Waals surface area contributed by atoms with Gasteiger partial charge in [-0.1, -0.05) is 12.1 Å². The Balaban J connectivity index is 2.10. The molecule has 2 amide bonds. The third kappa shape index (κ3) is 2.31. The van der Waals surface area contributed by atoms with Gasteiger partial charge in [0.1, 0.15) is 5.71 Å². The zero-order chi connectivity index (χ0) is 16.1. The molecule has 2 aromatic rings. The quantitative estimate of drug-likeness (QED) is 0.792. The number of carbonyl (C=O) groups excluding carboxylic acids is 2. The molecule has 2 N–H and O–H groups in total. The Labute approximate surface area is 126 Å². The Morgan fingerprint density at radius 3 is 2.50 bits per heavy atom. The number of rotatable bonds is 1. The monoisotopic (exact) mass is 324 g/mol. The molecule has 8 heteroatoms. The van der Waals surface area contributed by atoms with E-state index in [1.807, 2.05) is 5.32 Å². The average molecular weight is 324 g/mol. The van der Waals surface area contributed by atoms with Gasteiger partial charge in [-0.2, -0.15) is 13.2 Å². The van der Waals surface area contributed by atoms with Crippen LogP contribution in [0.15, 0.2) is 30.3 Å². The van der Waals surface area contributed by atoms with Gasteiger partial charge in [0, 0.05) is 4.88 Å². The third-order valence-electron chi connectivity index (χ3n) is 3.13. The van der Waals surface area contributed by atoms with Crippen LogP contribution in [0.4, 0.5) is 13.2 Å². The number of hydrogen-bond acceptors (Lipinski definition) is 4. The lowest BCUT2D eigenvalue weighted by Gasteiger charge is -2.10. The highest BCUT2D eigenvalue weighted by molar-refractivity contribution is 7.18. The number of hydrogen-bond donors (Lipinski definition) is 2. The largest absolute Gasteiger partial charge is 0.416 e. The molecule has 0 aliphatic carbocycles. The summed E-state index contributed by atoms with van der Waals surface area (Å²) in [5.41, 5.74) is -0.755. The highest BCUT2D eigenvalue weighted by Crippen LogP contribution is 2.36. The first-order valence-electron chi connectivity index (χ1n) is 6.03. The number of imide groups is 1. The second-order valence-corrected chi connectivity index (χ2v) is 5.64. The molecule has 1 aliphatic heterocycles. The molecule has 4 nitrogen and oxygen atoms in total. The molecule has 0 fully saturated rings. The van der Waals surface area contributed by atoms with Crippen molar-refractivity contribution in [2.45, 2.75) is 6.18 Å². The normalized spacial score (nSPS) is 14.8. The minimum Gasteiger partial charge on any atom is -0.294 e. The molecule has 3 rings (SSSR count). The van der Waals surface area contributed by atoms with Crippen LogP contribution >= 0.6 is 11.3 Å². The van der Waals surface area contributed by atoms with Crippen molar-refractivity contribution < 1.29 is 22.8 Å². The van der Waals surface area contributed by atoms with Crippen LogP contribution in [0.5, 0.6) is 0 Å². The van der Waals surface area contributed by atoms with Crippen molar-refractivity contribution in [2.75, 3.05) is 0 Å². The van der Waals surface area contributed by atoms with Gasteiger partial charge in [0.05, 0.1) is 16.0 Å². The number of thiophene rings is 1. The van der Waals surface area contributed by atoms with E-state index >= 15 is 0 Å². The third-order valence-corrected chi connectivity index (χ3v) is 4.33. The minimum absolute atomic E-state index is 0.127. The molecular weight excluding hydrogens is 317 g/mol. The summed E-state index contributed by atoms with van der Waals surface area (Å²) >= 11 is 0.950. The summed E-state index contributed by atoms with van der Waals surface area (Å²) in [4.78, 5) is 23.7. The second-order valence-electron chi connectivity index (χ2n) is 4.59. The number of fused-ring (bicyclic) bond motifs is 1. The van der Waals surface area contributed by atoms with Crippen LogP contribution in [0.2, 0.25) is 0 Å². The molecule has 0 saturated heterocycles. The van der Waals surface area contributed by atoms with E-state index in [9.17, 15) is 22.8 Å². The number of carbonyl (C=O) groups is 2. The molecule has 0 unspecified atom stereocenters. The highest BCUT2D eigenvalue weighted by Gasteiger charge is 2.32. The van der Waals surface area contributed by atoms with Crippen LogP contribution in [0.1, 0.15) is 20.8 Å². The zero-order valence-corrected chi connectivity index (χ0v) is 11.6. The lowest BCUT2D eigenvalue weighted by molar-refractivity contribution is -0.137. The summed E-state index contributed by atoms with van der Waals surface area (Å²) in [6, 6.07) is 6.07. The van der Waals surface area contributed by atoms with Crippen molar-refractivity contribution in [2.24, 2.45) is 0 Å². The molecule has 112 valence electrons. The van der Waals surface area contributed by atoms with Crippen LogP contribution in [0.25, 0.3) is 10.4 Å². The van der Waals surface area contributed by atoms with Gasteiger partial charge in [-0.15, -0.1) is 11.3 Å².